The Balaban J connectivity index is 2.24. The molecule has 0 saturated heterocycles. The maximum absolute atomic E-state index is 12.4. The summed E-state index contributed by atoms with van der Waals surface area (Å²) in [4.78, 5) is 23.8. The fourth-order valence-electron chi connectivity index (χ4n) is 2.91. The van der Waals surface area contributed by atoms with Crippen molar-refractivity contribution in [3.05, 3.63) is 34.1 Å². The molecule has 0 amide bonds. The second-order valence-corrected chi connectivity index (χ2v) is 6.16. The number of aromatic nitrogens is 1. The fourth-order valence-corrected chi connectivity index (χ4v) is 2.91. The van der Waals surface area contributed by atoms with E-state index in [1.165, 1.54) is 36.9 Å². The Kier molecular flexibility index (Phi) is 6.44. The van der Waals surface area contributed by atoms with E-state index >= 15 is 0 Å². The molecule has 0 aliphatic heterocycles. The number of carboxylic acids is 1. The van der Waals surface area contributed by atoms with Gasteiger partial charge in [-0.05, 0) is 18.6 Å². The van der Waals surface area contributed by atoms with E-state index in [0.29, 0.717) is 12.1 Å². The van der Waals surface area contributed by atoms with E-state index in [1.54, 1.807) is 12.1 Å². The molecule has 0 radical (unpaired) electrons. The summed E-state index contributed by atoms with van der Waals surface area (Å²) in [5, 5.41) is 19.9. The summed E-state index contributed by atoms with van der Waals surface area (Å²) in [6.45, 7) is 2.47. The average molecular weight is 347 g/mol. The molecule has 2 rings (SSSR count). The van der Waals surface area contributed by atoms with Gasteiger partial charge in [-0.3, -0.25) is 4.79 Å². The van der Waals surface area contributed by atoms with Crippen LogP contribution in [0.25, 0.3) is 10.9 Å². The quantitative estimate of drug-likeness (QED) is 0.676. The lowest BCUT2D eigenvalue weighted by atomic mass is 10.1. The molecule has 0 unspecified atom stereocenters. The second kappa shape index (κ2) is 8.55. The Morgan fingerprint density at radius 3 is 2.52 bits per heavy atom. The lowest BCUT2D eigenvalue weighted by Gasteiger charge is -2.14. The van der Waals surface area contributed by atoms with Crippen LogP contribution in [-0.2, 0) is 7.05 Å². The van der Waals surface area contributed by atoms with E-state index in [2.05, 4.69) is 6.92 Å². The highest BCUT2D eigenvalue weighted by Gasteiger charge is 2.20. The molecule has 1 aromatic carbocycles. The summed E-state index contributed by atoms with van der Waals surface area (Å²) < 4.78 is 6.83. The highest BCUT2D eigenvalue weighted by molar-refractivity contribution is 6.06. The smallest absolute Gasteiger partial charge is 0.336 e. The molecular formula is C19H25NO5. The van der Waals surface area contributed by atoms with E-state index < -0.39 is 17.3 Å². The van der Waals surface area contributed by atoms with Crippen LogP contribution >= 0.6 is 0 Å². The SMILES string of the molecule is CCCCCCCCOc1c(O)c2c(C(=O)O)cccc2n(C)c1=O. The highest BCUT2D eigenvalue weighted by Crippen LogP contribution is 2.33. The van der Waals surface area contributed by atoms with Crippen molar-refractivity contribution in [2.24, 2.45) is 7.05 Å². The predicted octanol–water partition coefficient (Wildman–Crippen LogP) is 3.68. The molecule has 136 valence electrons. The second-order valence-electron chi connectivity index (χ2n) is 6.16. The molecular weight excluding hydrogens is 322 g/mol. The van der Waals surface area contributed by atoms with E-state index in [4.69, 9.17) is 4.74 Å². The maximum Gasteiger partial charge on any atom is 0.336 e. The first kappa shape index (κ1) is 18.8. The normalized spacial score (nSPS) is 11.0. The number of fused-ring (bicyclic) bond motifs is 1. The Morgan fingerprint density at radius 2 is 1.84 bits per heavy atom. The first-order chi connectivity index (χ1) is 12.0. The third-order valence-electron chi connectivity index (χ3n) is 4.33. The van der Waals surface area contributed by atoms with Crippen LogP contribution in [0, 0.1) is 0 Å². The van der Waals surface area contributed by atoms with Crippen LogP contribution in [0.15, 0.2) is 23.0 Å². The Hall–Kier alpha value is -2.50. The van der Waals surface area contributed by atoms with Crippen LogP contribution in [0.3, 0.4) is 0 Å². The van der Waals surface area contributed by atoms with Gasteiger partial charge in [0.15, 0.2) is 5.75 Å². The van der Waals surface area contributed by atoms with Crippen LogP contribution in [0.4, 0.5) is 0 Å². The minimum absolute atomic E-state index is 0.0602. The van der Waals surface area contributed by atoms with Gasteiger partial charge in [0.05, 0.1) is 23.1 Å². The monoisotopic (exact) mass is 347 g/mol. The Labute approximate surface area is 146 Å². The standard InChI is InChI=1S/C19H25NO5/c1-3-4-5-6-7-8-12-25-17-16(21)15-13(19(23)24)10-9-11-14(15)20(2)18(17)22/h9-11,21H,3-8,12H2,1-2H3,(H,23,24). The number of rotatable bonds is 9. The lowest BCUT2D eigenvalue weighted by Crippen LogP contribution is -2.21. The summed E-state index contributed by atoms with van der Waals surface area (Å²) in [6.07, 6.45) is 6.47. The van der Waals surface area contributed by atoms with Gasteiger partial charge in [-0.25, -0.2) is 4.79 Å². The van der Waals surface area contributed by atoms with Crippen LogP contribution in [0.1, 0.15) is 55.8 Å². The average Bonchev–Trinajstić information content (AvgIpc) is 2.60. The number of hydrogen-bond acceptors (Lipinski definition) is 4. The van der Waals surface area contributed by atoms with Crippen molar-refractivity contribution < 1.29 is 19.7 Å². The zero-order chi connectivity index (χ0) is 18.4. The molecule has 1 aromatic heterocycles. The summed E-state index contributed by atoms with van der Waals surface area (Å²) in [6, 6.07) is 4.54. The number of unbranched alkanes of at least 4 members (excludes halogenated alkanes) is 5. The number of hydrogen-bond donors (Lipinski definition) is 2. The molecule has 0 bridgehead atoms. The summed E-state index contributed by atoms with van der Waals surface area (Å²) >= 11 is 0. The number of carbonyl (C=O) groups is 1. The first-order valence-electron chi connectivity index (χ1n) is 8.69. The predicted molar refractivity (Wildman–Crippen MR) is 96.7 cm³/mol. The molecule has 6 nitrogen and oxygen atoms in total. The van der Waals surface area contributed by atoms with E-state index in [-0.39, 0.29) is 16.7 Å². The van der Waals surface area contributed by atoms with Crippen LogP contribution < -0.4 is 10.3 Å². The van der Waals surface area contributed by atoms with Gasteiger partial charge in [0.25, 0.3) is 5.56 Å². The van der Waals surface area contributed by atoms with Crippen LogP contribution in [0.2, 0.25) is 0 Å². The molecule has 0 aliphatic carbocycles. The molecule has 0 spiro atoms. The topological polar surface area (TPSA) is 88.8 Å². The summed E-state index contributed by atoms with van der Waals surface area (Å²) in [7, 11) is 1.54. The van der Waals surface area contributed by atoms with Gasteiger partial charge in [0.2, 0.25) is 5.75 Å². The number of aromatic carboxylic acids is 1. The van der Waals surface area contributed by atoms with Gasteiger partial charge in [-0.15, -0.1) is 0 Å². The largest absolute Gasteiger partial charge is 0.504 e. The minimum atomic E-state index is -1.17. The number of ether oxygens (including phenoxy) is 1. The summed E-state index contributed by atoms with van der Waals surface area (Å²) in [5.41, 5.74) is -0.178. The number of aryl methyl sites for hydroxylation is 1. The zero-order valence-electron chi connectivity index (χ0n) is 14.7. The zero-order valence-corrected chi connectivity index (χ0v) is 14.7. The molecule has 0 aliphatic rings. The van der Waals surface area contributed by atoms with Gasteiger partial charge in [0, 0.05) is 7.05 Å². The van der Waals surface area contributed by atoms with Crippen molar-refractivity contribution in [3.8, 4) is 11.5 Å². The Morgan fingerprint density at radius 1 is 1.16 bits per heavy atom. The van der Waals surface area contributed by atoms with Gasteiger partial charge in [-0.1, -0.05) is 45.1 Å². The third kappa shape index (κ3) is 4.13. The third-order valence-corrected chi connectivity index (χ3v) is 4.33. The van der Waals surface area contributed by atoms with E-state index in [0.717, 1.165) is 19.3 Å². The van der Waals surface area contributed by atoms with Crippen molar-refractivity contribution in [1.82, 2.24) is 4.57 Å². The van der Waals surface area contributed by atoms with E-state index in [9.17, 15) is 19.8 Å². The van der Waals surface area contributed by atoms with Gasteiger partial charge in [0.1, 0.15) is 0 Å². The van der Waals surface area contributed by atoms with Crippen molar-refractivity contribution in [2.75, 3.05) is 6.61 Å². The molecule has 0 saturated carbocycles. The number of aromatic hydroxyl groups is 1. The molecule has 2 aromatic rings. The van der Waals surface area contributed by atoms with Crippen LogP contribution in [-0.4, -0.2) is 27.4 Å². The highest BCUT2D eigenvalue weighted by atomic mass is 16.5. The van der Waals surface area contributed by atoms with Gasteiger partial charge < -0.3 is 19.5 Å². The molecule has 6 heteroatoms. The number of nitrogens with zero attached hydrogens (tertiary/aromatic N) is 1. The van der Waals surface area contributed by atoms with Crippen molar-refractivity contribution in [2.45, 2.75) is 45.4 Å². The minimum Gasteiger partial charge on any atom is -0.504 e. The molecule has 2 N–H and O–H groups in total. The lowest BCUT2D eigenvalue weighted by molar-refractivity contribution is 0.0698. The number of benzene rings is 1. The maximum atomic E-state index is 12.4. The first-order valence-corrected chi connectivity index (χ1v) is 8.69. The summed E-state index contributed by atoms with van der Waals surface area (Å²) in [5.74, 6) is -1.75. The number of carboxylic acid groups (broad SMARTS) is 1. The van der Waals surface area contributed by atoms with Crippen molar-refractivity contribution >= 4 is 16.9 Å². The Bertz CT molecular complexity index is 810. The molecule has 1 heterocycles. The van der Waals surface area contributed by atoms with E-state index in [1.807, 2.05) is 0 Å². The molecule has 0 fully saturated rings. The van der Waals surface area contributed by atoms with Gasteiger partial charge in [-0.2, -0.15) is 0 Å². The fraction of sp³-hybridized carbons (Fsp3) is 0.474. The van der Waals surface area contributed by atoms with Crippen molar-refractivity contribution in [3.63, 3.8) is 0 Å². The van der Waals surface area contributed by atoms with Crippen molar-refractivity contribution in [1.29, 1.82) is 0 Å². The number of pyridine rings is 1. The molecule has 25 heavy (non-hydrogen) atoms. The van der Waals surface area contributed by atoms with Crippen LogP contribution in [0.5, 0.6) is 11.5 Å². The molecule has 0 atom stereocenters. The van der Waals surface area contributed by atoms with Gasteiger partial charge >= 0.3 is 5.97 Å².